The molecule has 1 unspecified atom stereocenters. The van der Waals surface area contributed by atoms with Crippen LogP contribution in [0.3, 0.4) is 0 Å². The van der Waals surface area contributed by atoms with E-state index in [2.05, 4.69) is 11.4 Å². The van der Waals surface area contributed by atoms with Crippen LogP contribution in [0.4, 0.5) is 0 Å². The summed E-state index contributed by atoms with van der Waals surface area (Å²) in [5, 5.41) is 3.32. The van der Waals surface area contributed by atoms with Crippen molar-refractivity contribution in [2.24, 2.45) is 0 Å². The number of carbonyl (C=O) groups is 1. The zero-order valence-corrected chi connectivity index (χ0v) is 10.1. The highest BCUT2D eigenvalue weighted by Crippen LogP contribution is 2.25. The fraction of sp³-hybridized carbons (Fsp3) is 0.188. The minimum Gasteiger partial charge on any atom is -0.303 e. The van der Waals surface area contributed by atoms with E-state index in [1.807, 2.05) is 48.5 Å². The molecule has 0 amide bonds. The van der Waals surface area contributed by atoms with E-state index in [0.29, 0.717) is 0 Å². The Morgan fingerprint density at radius 1 is 1.00 bits per heavy atom. The third kappa shape index (κ3) is 1.95. The molecule has 0 fully saturated rings. The molecule has 0 saturated heterocycles. The second-order valence-electron chi connectivity index (χ2n) is 4.57. The van der Waals surface area contributed by atoms with E-state index in [0.717, 1.165) is 24.1 Å². The maximum atomic E-state index is 12.5. The highest BCUT2D eigenvalue weighted by Gasteiger charge is 2.26. The second kappa shape index (κ2) is 4.75. The van der Waals surface area contributed by atoms with E-state index in [4.69, 9.17) is 0 Å². The van der Waals surface area contributed by atoms with Crippen LogP contribution in [-0.2, 0) is 6.42 Å². The summed E-state index contributed by atoms with van der Waals surface area (Å²) in [6.45, 7) is 0.861. The molecule has 0 saturated carbocycles. The summed E-state index contributed by atoms with van der Waals surface area (Å²) in [6, 6.07) is 17.5. The van der Waals surface area contributed by atoms with Gasteiger partial charge in [-0.2, -0.15) is 0 Å². The molecule has 18 heavy (non-hydrogen) atoms. The largest absolute Gasteiger partial charge is 0.303 e. The van der Waals surface area contributed by atoms with Crippen LogP contribution in [0.2, 0.25) is 0 Å². The molecule has 2 aromatic carbocycles. The number of ketones is 1. The fourth-order valence-corrected chi connectivity index (χ4v) is 2.51. The second-order valence-corrected chi connectivity index (χ2v) is 4.57. The van der Waals surface area contributed by atoms with Crippen LogP contribution in [0.5, 0.6) is 0 Å². The molecule has 1 aliphatic heterocycles. The molecule has 0 aliphatic carbocycles. The van der Waals surface area contributed by atoms with Crippen molar-refractivity contribution >= 4 is 5.78 Å². The number of fused-ring (bicyclic) bond motifs is 1. The number of hydrogen-bond donors (Lipinski definition) is 1. The third-order valence-corrected chi connectivity index (χ3v) is 3.43. The molecular weight excluding hydrogens is 222 g/mol. The van der Waals surface area contributed by atoms with Crippen molar-refractivity contribution < 1.29 is 4.79 Å². The summed E-state index contributed by atoms with van der Waals surface area (Å²) in [5.41, 5.74) is 3.18. The van der Waals surface area contributed by atoms with Crippen molar-refractivity contribution in [2.75, 3.05) is 6.54 Å². The first-order valence-electron chi connectivity index (χ1n) is 6.27. The highest BCUT2D eigenvalue weighted by molar-refractivity contribution is 6.01. The van der Waals surface area contributed by atoms with Crippen molar-refractivity contribution in [1.82, 2.24) is 5.32 Å². The van der Waals surface area contributed by atoms with Crippen LogP contribution in [0.25, 0.3) is 0 Å². The van der Waals surface area contributed by atoms with Crippen LogP contribution >= 0.6 is 0 Å². The molecular formula is C16H15NO. The van der Waals surface area contributed by atoms with E-state index in [1.54, 1.807) is 0 Å². The lowest BCUT2D eigenvalue weighted by Crippen LogP contribution is -2.35. The average molecular weight is 237 g/mol. The first kappa shape index (κ1) is 11.2. The van der Waals surface area contributed by atoms with Gasteiger partial charge in [0.1, 0.15) is 0 Å². The summed E-state index contributed by atoms with van der Waals surface area (Å²) in [5.74, 6) is 0.155. The molecule has 2 aromatic rings. The average Bonchev–Trinajstić information content (AvgIpc) is 2.47. The molecule has 1 heterocycles. The molecule has 0 spiro atoms. The molecule has 1 N–H and O–H groups in total. The number of rotatable bonds is 2. The van der Waals surface area contributed by atoms with E-state index >= 15 is 0 Å². The number of benzene rings is 2. The van der Waals surface area contributed by atoms with E-state index < -0.39 is 0 Å². The summed E-state index contributed by atoms with van der Waals surface area (Å²) < 4.78 is 0. The molecule has 2 heteroatoms. The first-order valence-corrected chi connectivity index (χ1v) is 6.27. The molecule has 3 rings (SSSR count). The number of carbonyl (C=O) groups excluding carboxylic acids is 1. The SMILES string of the molecule is O=C(c1ccccc1)C1NCCc2ccccc21. The zero-order valence-electron chi connectivity index (χ0n) is 10.1. The van der Waals surface area contributed by atoms with Crippen LogP contribution < -0.4 is 5.32 Å². The van der Waals surface area contributed by atoms with Gasteiger partial charge in [0.2, 0.25) is 0 Å². The molecule has 0 aromatic heterocycles. The van der Waals surface area contributed by atoms with Gasteiger partial charge in [0.05, 0.1) is 6.04 Å². The Hall–Kier alpha value is -1.93. The molecule has 0 radical (unpaired) electrons. The Morgan fingerprint density at radius 2 is 1.72 bits per heavy atom. The smallest absolute Gasteiger partial charge is 0.184 e. The van der Waals surface area contributed by atoms with Crippen molar-refractivity contribution in [3.63, 3.8) is 0 Å². The van der Waals surface area contributed by atoms with Crippen LogP contribution in [0.15, 0.2) is 54.6 Å². The fourth-order valence-electron chi connectivity index (χ4n) is 2.51. The molecule has 2 nitrogen and oxygen atoms in total. The first-order chi connectivity index (χ1) is 8.86. The van der Waals surface area contributed by atoms with Crippen LogP contribution in [-0.4, -0.2) is 12.3 Å². The van der Waals surface area contributed by atoms with Gasteiger partial charge in [-0.3, -0.25) is 4.79 Å². The summed E-state index contributed by atoms with van der Waals surface area (Å²) >= 11 is 0. The Kier molecular flexibility index (Phi) is 2.95. The van der Waals surface area contributed by atoms with Gasteiger partial charge in [-0.1, -0.05) is 54.6 Å². The Morgan fingerprint density at radius 3 is 2.56 bits per heavy atom. The van der Waals surface area contributed by atoms with Crippen molar-refractivity contribution in [1.29, 1.82) is 0 Å². The van der Waals surface area contributed by atoms with Crippen molar-refractivity contribution in [3.05, 3.63) is 71.3 Å². The van der Waals surface area contributed by atoms with E-state index in [-0.39, 0.29) is 11.8 Å². The molecule has 1 atom stereocenters. The zero-order chi connectivity index (χ0) is 12.4. The lowest BCUT2D eigenvalue weighted by Gasteiger charge is -2.25. The number of hydrogen-bond acceptors (Lipinski definition) is 2. The van der Waals surface area contributed by atoms with Crippen LogP contribution in [0, 0.1) is 0 Å². The van der Waals surface area contributed by atoms with Gasteiger partial charge >= 0.3 is 0 Å². The molecule has 0 bridgehead atoms. The summed E-state index contributed by atoms with van der Waals surface area (Å²) in [7, 11) is 0. The van der Waals surface area contributed by atoms with Gasteiger partial charge < -0.3 is 5.32 Å². The maximum absolute atomic E-state index is 12.5. The predicted molar refractivity (Wildman–Crippen MR) is 71.7 cm³/mol. The van der Waals surface area contributed by atoms with Crippen molar-refractivity contribution in [3.8, 4) is 0 Å². The normalized spacial score (nSPS) is 18.1. The van der Waals surface area contributed by atoms with Crippen molar-refractivity contribution in [2.45, 2.75) is 12.5 Å². The minimum absolute atomic E-state index is 0.155. The lowest BCUT2D eigenvalue weighted by molar-refractivity contribution is 0.0939. The van der Waals surface area contributed by atoms with E-state index in [1.165, 1.54) is 5.56 Å². The van der Waals surface area contributed by atoms with Gasteiger partial charge in [0.25, 0.3) is 0 Å². The summed E-state index contributed by atoms with van der Waals surface area (Å²) in [4.78, 5) is 12.5. The van der Waals surface area contributed by atoms with E-state index in [9.17, 15) is 4.79 Å². The van der Waals surface area contributed by atoms with Crippen LogP contribution in [0.1, 0.15) is 27.5 Å². The number of nitrogens with one attached hydrogen (secondary N) is 1. The molecule has 90 valence electrons. The Bertz CT molecular complexity index is 562. The monoisotopic (exact) mass is 237 g/mol. The Balaban J connectivity index is 1.97. The van der Waals surface area contributed by atoms with Gasteiger partial charge in [0.15, 0.2) is 5.78 Å². The van der Waals surface area contributed by atoms with Gasteiger partial charge in [-0.05, 0) is 17.5 Å². The highest BCUT2D eigenvalue weighted by atomic mass is 16.1. The lowest BCUT2D eigenvalue weighted by atomic mass is 9.89. The Labute approximate surface area is 107 Å². The standard InChI is InChI=1S/C16H15NO/c18-16(13-7-2-1-3-8-13)15-14-9-5-4-6-12(14)10-11-17-15/h1-9,15,17H,10-11H2. The third-order valence-electron chi connectivity index (χ3n) is 3.43. The molecule has 1 aliphatic rings. The minimum atomic E-state index is -0.197. The summed E-state index contributed by atoms with van der Waals surface area (Å²) in [6.07, 6.45) is 0.995. The topological polar surface area (TPSA) is 29.1 Å². The van der Waals surface area contributed by atoms with Gasteiger partial charge in [-0.25, -0.2) is 0 Å². The van der Waals surface area contributed by atoms with Gasteiger partial charge in [0, 0.05) is 12.1 Å². The van der Waals surface area contributed by atoms with Gasteiger partial charge in [-0.15, -0.1) is 0 Å². The quantitative estimate of drug-likeness (QED) is 0.814. The number of Topliss-reactive ketones (excluding diaryl/α,β-unsaturated/α-hetero) is 1. The predicted octanol–water partition coefficient (Wildman–Crippen LogP) is 2.76. The maximum Gasteiger partial charge on any atom is 0.184 e.